The number of carbonyl (C=O) groups is 2. The molecule has 9 heteroatoms. The number of hydrogen-bond donors (Lipinski definition) is 3. The van der Waals surface area contributed by atoms with Crippen LogP contribution >= 0.6 is 11.3 Å². The summed E-state index contributed by atoms with van der Waals surface area (Å²) in [5, 5.41) is 10.4. The van der Waals surface area contributed by atoms with Crippen molar-refractivity contribution in [3.8, 4) is 11.1 Å². The van der Waals surface area contributed by atoms with Crippen molar-refractivity contribution in [2.75, 3.05) is 18.4 Å². The maximum atomic E-state index is 13.1. The first-order valence-corrected chi connectivity index (χ1v) is 11.7. The number of nitrogens with two attached hydrogens (primary N) is 1. The van der Waals surface area contributed by atoms with Gasteiger partial charge < -0.3 is 16.0 Å². The van der Waals surface area contributed by atoms with Crippen LogP contribution in [-0.2, 0) is 9.59 Å². The van der Waals surface area contributed by atoms with E-state index in [1.165, 1.54) is 11.3 Å². The van der Waals surface area contributed by atoms with Crippen LogP contribution in [-0.4, -0.2) is 45.0 Å². The molecule has 3 heterocycles. The SMILES string of the molecule is NCCC(=O)N1CC(C(=O)Nc2nc3ccc(-c4cn[nH]c4)cc3s2)CC1c1ccccc1. The van der Waals surface area contributed by atoms with E-state index >= 15 is 0 Å². The molecule has 0 aliphatic carbocycles. The van der Waals surface area contributed by atoms with Crippen LogP contribution in [0.15, 0.2) is 60.9 Å². The number of rotatable bonds is 6. The zero-order valence-electron chi connectivity index (χ0n) is 17.9. The number of hydrogen-bond acceptors (Lipinski definition) is 6. The molecule has 1 aliphatic rings. The van der Waals surface area contributed by atoms with Gasteiger partial charge in [-0.25, -0.2) is 4.98 Å². The quantitative estimate of drug-likeness (QED) is 0.407. The lowest BCUT2D eigenvalue weighted by atomic mass is 9.99. The summed E-state index contributed by atoms with van der Waals surface area (Å²) in [6.07, 6.45) is 4.45. The molecular formula is C24H24N6O2S. The second-order valence-corrected chi connectivity index (χ2v) is 9.15. The van der Waals surface area contributed by atoms with Gasteiger partial charge in [0.05, 0.1) is 28.4 Å². The minimum atomic E-state index is -0.314. The van der Waals surface area contributed by atoms with Crippen LogP contribution in [0.3, 0.4) is 0 Å². The Balaban J connectivity index is 1.33. The molecule has 2 aromatic carbocycles. The number of amides is 2. The zero-order valence-corrected chi connectivity index (χ0v) is 18.7. The number of likely N-dealkylation sites (tertiary alicyclic amines) is 1. The summed E-state index contributed by atoms with van der Waals surface area (Å²) in [6.45, 7) is 0.667. The maximum Gasteiger partial charge on any atom is 0.231 e. The lowest BCUT2D eigenvalue weighted by Crippen LogP contribution is -2.33. The third-order valence-electron chi connectivity index (χ3n) is 5.98. The molecular weight excluding hydrogens is 436 g/mol. The topological polar surface area (TPSA) is 117 Å². The van der Waals surface area contributed by atoms with Crippen molar-refractivity contribution in [3.05, 3.63) is 66.5 Å². The van der Waals surface area contributed by atoms with Crippen LogP contribution in [0.1, 0.15) is 24.4 Å². The molecule has 0 spiro atoms. The van der Waals surface area contributed by atoms with E-state index in [1.807, 2.05) is 54.7 Å². The Hall–Kier alpha value is -3.56. The lowest BCUT2D eigenvalue weighted by Gasteiger charge is -2.24. The maximum absolute atomic E-state index is 13.1. The first-order valence-electron chi connectivity index (χ1n) is 10.9. The van der Waals surface area contributed by atoms with Crippen molar-refractivity contribution >= 4 is 38.5 Å². The van der Waals surface area contributed by atoms with Crippen LogP contribution in [0, 0.1) is 5.92 Å². The molecule has 2 atom stereocenters. The number of carbonyl (C=O) groups excluding carboxylic acids is 2. The Bertz CT molecular complexity index is 1270. The van der Waals surface area contributed by atoms with Crippen molar-refractivity contribution in [3.63, 3.8) is 0 Å². The minimum absolute atomic E-state index is 0.0200. The fraction of sp³-hybridized carbons (Fsp3) is 0.250. The summed E-state index contributed by atoms with van der Waals surface area (Å²) in [5.41, 5.74) is 9.51. The van der Waals surface area contributed by atoms with E-state index in [2.05, 4.69) is 20.5 Å². The van der Waals surface area contributed by atoms with Crippen molar-refractivity contribution in [2.45, 2.75) is 18.9 Å². The second kappa shape index (κ2) is 9.13. The van der Waals surface area contributed by atoms with E-state index in [4.69, 9.17) is 5.73 Å². The second-order valence-electron chi connectivity index (χ2n) is 8.12. The highest BCUT2D eigenvalue weighted by atomic mass is 32.1. The molecule has 2 amide bonds. The number of anilines is 1. The number of H-pyrrole nitrogens is 1. The van der Waals surface area contributed by atoms with Crippen LogP contribution in [0.4, 0.5) is 5.13 Å². The average Bonchev–Trinajstić information content (AvgIpc) is 3.58. The van der Waals surface area contributed by atoms with Gasteiger partial charge in [0, 0.05) is 31.3 Å². The summed E-state index contributed by atoms with van der Waals surface area (Å²) in [4.78, 5) is 32.2. The van der Waals surface area contributed by atoms with Crippen LogP contribution in [0.25, 0.3) is 21.3 Å². The van der Waals surface area contributed by atoms with Gasteiger partial charge in [-0.15, -0.1) is 0 Å². The molecule has 1 saturated heterocycles. The highest BCUT2D eigenvalue weighted by molar-refractivity contribution is 7.22. The molecule has 0 bridgehead atoms. The summed E-state index contributed by atoms with van der Waals surface area (Å²) in [7, 11) is 0. The summed E-state index contributed by atoms with van der Waals surface area (Å²) < 4.78 is 0.984. The van der Waals surface area contributed by atoms with Gasteiger partial charge >= 0.3 is 0 Å². The van der Waals surface area contributed by atoms with Crippen molar-refractivity contribution < 1.29 is 9.59 Å². The van der Waals surface area contributed by atoms with Crippen LogP contribution < -0.4 is 11.1 Å². The Morgan fingerprint density at radius 3 is 2.79 bits per heavy atom. The Morgan fingerprint density at radius 2 is 2.03 bits per heavy atom. The lowest BCUT2D eigenvalue weighted by molar-refractivity contribution is -0.132. The van der Waals surface area contributed by atoms with Gasteiger partial charge in [0.2, 0.25) is 11.8 Å². The first kappa shape index (κ1) is 21.3. The van der Waals surface area contributed by atoms with Gasteiger partial charge in [-0.2, -0.15) is 5.10 Å². The van der Waals surface area contributed by atoms with Crippen molar-refractivity contribution in [1.82, 2.24) is 20.1 Å². The molecule has 0 radical (unpaired) electrons. The minimum Gasteiger partial charge on any atom is -0.335 e. The molecule has 1 aliphatic heterocycles. The zero-order chi connectivity index (χ0) is 22.8. The number of nitrogens with zero attached hydrogens (tertiary/aromatic N) is 3. The summed E-state index contributed by atoms with van der Waals surface area (Å²) in [5.74, 6) is -0.452. The highest BCUT2D eigenvalue weighted by Gasteiger charge is 2.39. The van der Waals surface area contributed by atoms with E-state index < -0.39 is 0 Å². The third kappa shape index (κ3) is 4.37. The molecule has 4 aromatic rings. The van der Waals surface area contributed by atoms with Crippen molar-refractivity contribution in [1.29, 1.82) is 0 Å². The molecule has 168 valence electrons. The largest absolute Gasteiger partial charge is 0.335 e. The van der Waals surface area contributed by atoms with Crippen LogP contribution in [0.2, 0.25) is 0 Å². The monoisotopic (exact) mass is 460 g/mol. The van der Waals surface area contributed by atoms with Gasteiger partial charge in [0.1, 0.15) is 0 Å². The first-order chi connectivity index (χ1) is 16.1. The predicted octanol–water partition coefficient (Wildman–Crippen LogP) is 3.56. The molecule has 2 unspecified atom stereocenters. The predicted molar refractivity (Wildman–Crippen MR) is 129 cm³/mol. The molecule has 0 saturated carbocycles. The van der Waals surface area contributed by atoms with E-state index in [0.29, 0.717) is 24.6 Å². The normalized spacial score (nSPS) is 18.0. The van der Waals surface area contributed by atoms with Crippen molar-refractivity contribution in [2.24, 2.45) is 11.7 Å². The summed E-state index contributed by atoms with van der Waals surface area (Å²) >= 11 is 1.44. The third-order valence-corrected chi connectivity index (χ3v) is 6.92. The van der Waals surface area contributed by atoms with Gasteiger partial charge in [0.25, 0.3) is 0 Å². The number of benzene rings is 2. The molecule has 8 nitrogen and oxygen atoms in total. The van der Waals surface area contributed by atoms with Gasteiger partial charge in [-0.05, 0) is 29.7 Å². The fourth-order valence-corrected chi connectivity index (χ4v) is 5.24. The smallest absolute Gasteiger partial charge is 0.231 e. The number of fused-ring (bicyclic) bond motifs is 1. The highest BCUT2D eigenvalue weighted by Crippen LogP contribution is 2.37. The molecule has 4 N–H and O–H groups in total. The molecule has 2 aromatic heterocycles. The van der Waals surface area contributed by atoms with E-state index in [-0.39, 0.29) is 30.2 Å². The van der Waals surface area contributed by atoms with E-state index in [1.54, 1.807) is 11.1 Å². The van der Waals surface area contributed by atoms with Gasteiger partial charge in [-0.1, -0.05) is 47.7 Å². The van der Waals surface area contributed by atoms with Crippen LogP contribution in [0.5, 0.6) is 0 Å². The van der Waals surface area contributed by atoms with E-state index in [0.717, 1.165) is 26.9 Å². The number of nitrogens with one attached hydrogen (secondary N) is 2. The molecule has 1 fully saturated rings. The Morgan fingerprint density at radius 1 is 1.18 bits per heavy atom. The summed E-state index contributed by atoms with van der Waals surface area (Å²) in [6, 6.07) is 15.7. The number of aromatic amines is 1. The Kier molecular flexibility index (Phi) is 5.89. The molecule has 5 rings (SSSR count). The van der Waals surface area contributed by atoms with E-state index in [9.17, 15) is 9.59 Å². The average molecular weight is 461 g/mol. The molecule has 33 heavy (non-hydrogen) atoms. The standard InChI is InChI=1S/C24H24N6O2S/c25-9-8-22(31)30-14-17(10-20(30)15-4-2-1-3-5-15)23(32)29-24-28-19-7-6-16(11-21(19)33-24)18-12-26-27-13-18/h1-7,11-13,17,20H,8-10,14,25H2,(H,26,27)(H,28,29,32). The number of thiazole rings is 1. The van der Waals surface area contributed by atoms with Gasteiger partial charge in [0.15, 0.2) is 5.13 Å². The fourth-order valence-electron chi connectivity index (χ4n) is 4.33. The number of aromatic nitrogens is 3. The van der Waals surface area contributed by atoms with Gasteiger partial charge in [-0.3, -0.25) is 14.7 Å². The Labute approximate surface area is 194 Å².